The summed E-state index contributed by atoms with van der Waals surface area (Å²) >= 11 is 0. The van der Waals surface area contributed by atoms with Crippen molar-refractivity contribution in [1.82, 2.24) is 10.3 Å². The molecule has 126 valence electrons. The van der Waals surface area contributed by atoms with Gasteiger partial charge in [0.2, 0.25) is 11.8 Å². The molecule has 1 fully saturated rings. The third-order valence-corrected chi connectivity index (χ3v) is 4.25. The zero-order valence-corrected chi connectivity index (χ0v) is 13.5. The van der Waals surface area contributed by atoms with Crippen molar-refractivity contribution in [3.8, 4) is 0 Å². The minimum atomic E-state index is -0.327. The maximum Gasteiger partial charge on any atom is 0.229 e. The van der Waals surface area contributed by atoms with E-state index in [1.807, 2.05) is 36.4 Å². The third kappa shape index (κ3) is 3.38. The Morgan fingerprint density at radius 1 is 1.24 bits per heavy atom. The highest BCUT2D eigenvalue weighted by Crippen LogP contribution is 2.22. The Morgan fingerprint density at radius 3 is 2.84 bits per heavy atom. The first-order chi connectivity index (χ1) is 12.2. The van der Waals surface area contributed by atoms with Crippen LogP contribution >= 0.6 is 0 Å². The van der Waals surface area contributed by atoms with E-state index in [-0.39, 0.29) is 24.2 Å². The SMILES string of the molecule is O=C1CC(C(=O)Nc2ccc3nc(Cc4ccccc4)oc3c2)CN1. The molecule has 0 bridgehead atoms. The quantitative estimate of drug-likeness (QED) is 0.767. The van der Waals surface area contributed by atoms with Gasteiger partial charge in [-0.15, -0.1) is 0 Å². The number of hydrogen-bond acceptors (Lipinski definition) is 4. The number of hydrogen-bond donors (Lipinski definition) is 2. The lowest BCUT2D eigenvalue weighted by Crippen LogP contribution is -2.24. The number of nitrogens with zero attached hydrogens (tertiary/aromatic N) is 1. The predicted molar refractivity (Wildman–Crippen MR) is 93.0 cm³/mol. The second-order valence-electron chi connectivity index (χ2n) is 6.15. The lowest BCUT2D eigenvalue weighted by molar-refractivity contribution is -0.123. The monoisotopic (exact) mass is 335 g/mol. The van der Waals surface area contributed by atoms with Crippen LogP contribution in [0.5, 0.6) is 0 Å². The molecule has 6 heteroatoms. The molecule has 0 aliphatic carbocycles. The largest absolute Gasteiger partial charge is 0.440 e. The van der Waals surface area contributed by atoms with E-state index in [1.165, 1.54) is 0 Å². The molecule has 1 atom stereocenters. The van der Waals surface area contributed by atoms with E-state index in [2.05, 4.69) is 15.6 Å². The number of carbonyl (C=O) groups is 2. The maximum absolute atomic E-state index is 12.2. The summed E-state index contributed by atoms with van der Waals surface area (Å²) in [6, 6.07) is 15.4. The Hall–Kier alpha value is -3.15. The second-order valence-corrected chi connectivity index (χ2v) is 6.15. The molecule has 2 aromatic carbocycles. The van der Waals surface area contributed by atoms with E-state index < -0.39 is 0 Å². The van der Waals surface area contributed by atoms with Crippen molar-refractivity contribution in [2.75, 3.05) is 11.9 Å². The van der Waals surface area contributed by atoms with Gasteiger partial charge < -0.3 is 15.1 Å². The molecule has 2 heterocycles. The number of amides is 2. The van der Waals surface area contributed by atoms with E-state index in [9.17, 15) is 9.59 Å². The van der Waals surface area contributed by atoms with Crippen molar-refractivity contribution < 1.29 is 14.0 Å². The van der Waals surface area contributed by atoms with E-state index in [4.69, 9.17) is 4.42 Å². The molecule has 4 rings (SSSR count). The summed E-state index contributed by atoms with van der Waals surface area (Å²) in [5, 5.41) is 5.50. The van der Waals surface area contributed by atoms with Crippen LogP contribution in [0.15, 0.2) is 52.9 Å². The summed E-state index contributed by atoms with van der Waals surface area (Å²) in [4.78, 5) is 27.9. The van der Waals surface area contributed by atoms with Gasteiger partial charge in [0.15, 0.2) is 11.5 Å². The Bertz CT molecular complexity index is 933. The van der Waals surface area contributed by atoms with Crippen LogP contribution in [0.1, 0.15) is 17.9 Å². The predicted octanol–water partition coefficient (Wildman–Crippen LogP) is 2.49. The fraction of sp³-hybridized carbons (Fsp3) is 0.211. The van der Waals surface area contributed by atoms with Crippen LogP contribution in [0, 0.1) is 5.92 Å². The summed E-state index contributed by atoms with van der Waals surface area (Å²) in [5.74, 6) is 0.0555. The van der Waals surface area contributed by atoms with Crippen LogP contribution in [-0.4, -0.2) is 23.3 Å². The van der Waals surface area contributed by atoms with Gasteiger partial charge in [0.1, 0.15) is 5.52 Å². The summed E-state index contributed by atoms with van der Waals surface area (Å²) < 4.78 is 5.81. The van der Waals surface area contributed by atoms with Gasteiger partial charge in [0.05, 0.1) is 5.92 Å². The number of fused-ring (bicyclic) bond motifs is 1. The standard InChI is InChI=1S/C19H17N3O3/c23-17-9-13(11-20-17)19(24)21-14-6-7-15-16(10-14)25-18(22-15)8-12-4-2-1-3-5-12/h1-7,10,13H,8-9,11H2,(H,20,23)(H,21,24). The number of nitrogens with one attached hydrogen (secondary N) is 2. The lowest BCUT2D eigenvalue weighted by Gasteiger charge is -2.08. The summed E-state index contributed by atoms with van der Waals surface area (Å²) in [6.45, 7) is 0.385. The molecule has 2 N–H and O–H groups in total. The Balaban J connectivity index is 1.50. The number of oxazole rings is 1. The van der Waals surface area contributed by atoms with Gasteiger partial charge in [0.25, 0.3) is 0 Å². The van der Waals surface area contributed by atoms with Gasteiger partial charge in [-0.3, -0.25) is 9.59 Å². The van der Waals surface area contributed by atoms with E-state index >= 15 is 0 Å². The molecular formula is C19H17N3O3. The van der Waals surface area contributed by atoms with Gasteiger partial charge in [-0.2, -0.15) is 0 Å². The molecule has 0 saturated carbocycles. The number of carbonyl (C=O) groups excluding carboxylic acids is 2. The smallest absolute Gasteiger partial charge is 0.229 e. The molecule has 1 aliphatic rings. The normalized spacial score (nSPS) is 16.8. The number of rotatable bonds is 4. The van der Waals surface area contributed by atoms with Gasteiger partial charge >= 0.3 is 0 Å². The van der Waals surface area contributed by atoms with E-state index in [0.29, 0.717) is 30.1 Å². The van der Waals surface area contributed by atoms with Crippen LogP contribution in [0.25, 0.3) is 11.1 Å². The summed E-state index contributed by atoms with van der Waals surface area (Å²) in [7, 11) is 0. The van der Waals surface area contributed by atoms with Crippen LogP contribution in [0.3, 0.4) is 0 Å². The highest BCUT2D eigenvalue weighted by Gasteiger charge is 2.27. The van der Waals surface area contributed by atoms with Crippen LogP contribution in [0.2, 0.25) is 0 Å². The molecule has 1 aromatic heterocycles. The van der Waals surface area contributed by atoms with Gasteiger partial charge in [0, 0.05) is 31.1 Å². The van der Waals surface area contributed by atoms with Crippen molar-refractivity contribution in [1.29, 1.82) is 0 Å². The second kappa shape index (κ2) is 6.39. The van der Waals surface area contributed by atoms with Gasteiger partial charge in [-0.05, 0) is 17.7 Å². The van der Waals surface area contributed by atoms with Gasteiger partial charge in [-0.25, -0.2) is 4.98 Å². The number of anilines is 1. The minimum absolute atomic E-state index is 0.0867. The fourth-order valence-corrected chi connectivity index (χ4v) is 2.93. The lowest BCUT2D eigenvalue weighted by atomic mass is 10.1. The number of benzene rings is 2. The molecule has 2 amide bonds. The van der Waals surface area contributed by atoms with Crippen LogP contribution < -0.4 is 10.6 Å². The molecule has 1 saturated heterocycles. The zero-order chi connectivity index (χ0) is 17.2. The molecule has 1 unspecified atom stereocenters. The number of aromatic nitrogens is 1. The van der Waals surface area contributed by atoms with Crippen molar-refractivity contribution >= 4 is 28.6 Å². The molecule has 0 radical (unpaired) electrons. The molecule has 3 aromatic rings. The molecular weight excluding hydrogens is 318 g/mol. The Morgan fingerprint density at radius 2 is 2.08 bits per heavy atom. The van der Waals surface area contributed by atoms with Crippen molar-refractivity contribution in [3.05, 3.63) is 60.0 Å². The maximum atomic E-state index is 12.2. The highest BCUT2D eigenvalue weighted by atomic mass is 16.3. The van der Waals surface area contributed by atoms with Crippen molar-refractivity contribution in [3.63, 3.8) is 0 Å². The van der Waals surface area contributed by atoms with Gasteiger partial charge in [-0.1, -0.05) is 30.3 Å². The van der Waals surface area contributed by atoms with E-state index in [0.717, 1.165) is 11.1 Å². The Kier molecular flexibility index (Phi) is 3.93. The summed E-state index contributed by atoms with van der Waals surface area (Å²) in [6.07, 6.45) is 0.852. The first kappa shape index (κ1) is 15.4. The van der Waals surface area contributed by atoms with E-state index in [1.54, 1.807) is 12.1 Å². The molecule has 0 spiro atoms. The third-order valence-electron chi connectivity index (χ3n) is 4.25. The molecule has 25 heavy (non-hydrogen) atoms. The highest BCUT2D eigenvalue weighted by molar-refractivity contribution is 5.98. The molecule has 1 aliphatic heterocycles. The zero-order valence-electron chi connectivity index (χ0n) is 13.5. The molecule has 6 nitrogen and oxygen atoms in total. The summed E-state index contributed by atoms with van der Waals surface area (Å²) in [5.41, 5.74) is 3.14. The van der Waals surface area contributed by atoms with Crippen LogP contribution in [0.4, 0.5) is 5.69 Å². The van der Waals surface area contributed by atoms with Crippen molar-refractivity contribution in [2.45, 2.75) is 12.8 Å². The first-order valence-electron chi connectivity index (χ1n) is 8.18. The average Bonchev–Trinajstić information content (AvgIpc) is 3.21. The van der Waals surface area contributed by atoms with Crippen LogP contribution in [-0.2, 0) is 16.0 Å². The average molecular weight is 335 g/mol. The minimum Gasteiger partial charge on any atom is -0.440 e. The topological polar surface area (TPSA) is 84.2 Å². The fourth-order valence-electron chi connectivity index (χ4n) is 2.93. The van der Waals surface area contributed by atoms with Crippen molar-refractivity contribution in [2.24, 2.45) is 5.92 Å². The first-order valence-corrected chi connectivity index (χ1v) is 8.18. The Labute approximate surface area is 144 Å².